The van der Waals surface area contributed by atoms with Gasteiger partial charge in [0.25, 0.3) is 0 Å². The second kappa shape index (κ2) is 7.60. The fourth-order valence-electron chi connectivity index (χ4n) is 1.40. The van der Waals surface area contributed by atoms with Gasteiger partial charge in [-0.15, -0.1) is 0 Å². The lowest BCUT2D eigenvalue weighted by molar-refractivity contribution is 0.0777. The van der Waals surface area contributed by atoms with Crippen LogP contribution in [0.25, 0.3) is 0 Å². The first-order chi connectivity index (χ1) is 5.76. The predicted molar refractivity (Wildman–Crippen MR) is 54.3 cm³/mol. The van der Waals surface area contributed by atoms with E-state index in [9.17, 15) is 0 Å². The summed E-state index contributed by atoms with van der Waals surface area (Å²) in [4.78, 5) is 0. The van der Waals surface area contributed by atoms with E-state index in [4.69, 9.17) is 4.74 Å². The van der Waals surface area contributed by atoms with Crippen molar-refractivity contribution in [3.05, 3.63) is 0 Å². The fourth-order valence-corrected chi connectivity index (χ4v) is 1.40. The van der Waals surface area contributed by atoms with Crippen LogP contribution in [-0.2, 0) is 4.74 Å². The highest BCUT2D eigenvalue weighted by Gasteiger charge is 2.13. The van der Waals surface area contributed by atoms with Crippen LogP contribution in [0.15, 0.2) is 0 Å². The summed E-state index contributed by atoms with van der Waals surface area (Å²) in [5.74, 6) is 1.58. The molecule has 0 fully saturated rings. The van der Waals surface area contributed by atoms with Crippen molar-refractivity contribution in [2.75, 3.05) is 13.2 Å². The van der Waals surface area contributed by atoms with Gasteiger partial charge in [-0.25, -0.2) is 0 Å². The van der Waals surface area contributed by atoms with Crippen molar-refractivity contribution in [2.45, 2.75) is 47.0 Å². The van der Waals surface area contributed by atoms with Gasteiger partial charge in [0.2, 0.25) is 0 Å². The summed E-state index contributed by atoms with van der Waals surface area (Å²) in [5, 5.41) is 0. The molecule has 0 amide bonds. The van der Waals surface area contributed by atoms with E-state index in [1.165, 1.54) is 12.8 Å². The van der Waals surface area contributed by atoms with Crippen LogP contribution in [0, 0.1) is 11.8 Å². The number of ether oxygens (including phenoxy) is 1. The first-order valence-electron chi connectivity index (χ1n) is 5.33. The Hall–Kier alpha value is -0.0400. The maximum atomic E-state index is 5.56. The molecule has 0 saturated carbocycles. The van der Waals surface area contributed by atoms with Gasteiger partial charge in [0, 0.05) is 13.2 Å². The van der Waals surface area contributed by atoms with E-state index < -0.39 is 0 Å². The molecule has 1 heteroatoms. The Balaban J connectivity index is 3.52. The Morgan fingerprint density at radius 3 is 2.17 bits per heavy atom. The average molecular weight is 172 g/mol. The highest BCUT2D eigenvalue weighted by molar-refractivity contribution is 4.62. The van der Waals surface area contributed by atoms with Crippen LogP contribution in [0.4, 0.5) is 0 Å². The molecule has 2 unspecified atom stereocenters. The SMILES string of the molecule is CCCOCC(CC)C(C)CC. The van der Waals surface area contributed by atoms with Crippen molar-refractivity contribution in [3.8, 4) is 0 Å². The van der Waals surface area contributed by atoms with Crippen molar-refractivity contribution >= 4 is 0 Å². The summed E-state index contributed by atoms with van der Waals surface area (Å²) < 4.78 is 5.56. The summed E-state index contributed by atoms with van der Waals surface area (Å²) in [6.45, 7) is 10.9. The van der Waals surface area contributed by atoms with E-state index in [1.807, 2.05) is 0 Å². The monoisotopic (exact) mass is 172 g/mol. The second-order valence-corrected chi connectivity index (χ2v) is 3.63. The zero-order valence-electron chi connectivity index (χ0n) is 9.10. The molecule has 0 N–H and O–H groups in total. The first-order valence-corrected chi connectivity index (χ1v) is 5.33. The van der Waals surface area contributed by atoms with Crippen LogP contribution in [0.5, 0.6) is 0 Å². The minimum Gasteiger partial charge on any atom is -0.381 e. The standard InChI is InChI=1S/C11H24O/c1-5-8-12-9-11(7-3)10(4)6-2/h10-11H,5-9H2,1-4H3. The van der Waals surface area contributed by atoms with E-state index >= 15 is 0 Å². The summed E-state index contributed by atoms with van der Waals surface area (Å²) in [7, 11) is 0. The fraction of sp³-hybridized carbons (Fsp3) is 1.00. The van der Waals surface area contributed by atoms with Crippen LogP contribution in [0.3, 0.4) is 0 Å². The second-order valence-electron chi connectivity index (χ2n) is 3.63. The molecule has 0 aromatic heterocycles. The smallest absolute Gasteiger partial charge is 0.0496 e. The quantitative estimate of drug-likeness (QED) is 0.534. The van der Waals surface area contributed by atoms with Crippen LogP contribution >= 0.6 is 0 Å². The molecule has 1 nitrogen and oxygen atoms in total. The van der Waals surface area contributed by atoms with E-state index in [2.05, 4.69) is 27.7 Å². The Morgan fingerprint density at radius 2 is 1.75 bits per heavy atom. The molecule has 0 rings (SSSR count). The third-order valence-corrected chi connectivity index (χ3v) is 2.65. The van der Waals surface area contributed by atoms with Crippen molar-refractivity contribution in [2.24, 2.45) is 11.8 Å². The normalized spacial score (nSPS) is 16.0. The van der Waals surface area contributed by atoms with E-state index in [0.29, 0.717) is 0 Å². The van der Waals surface area contributed by atoms with Gasteiger partial charge >= 0.3 is 0 Å². The van der Waals surface area contributed by atoms with Gasteiger partial charge in [-0.3, -0.25) is 0 Å². The van der Waals surface area contributed by atoms with E-state index in [1.54, 1.807) is 0 Å². The van der Waals surface area contributed by atoms with Crippen molar-refractivity contribution in [1.29, 1.82) is 0 Å². The maximum Gasteiger partial charge on any atom is 0.0496 e. The van der Waals surface area contributed by atoms with Gasteiger partial charge in [-0.1, -0.05) is 40.5 Å². The van der Waals surface area contributed by atoms with Crippen LogP contribution < -0.4 is 0 Å². The minimum absolute atomic E-state index is 0.765. The van der Waals surface area contributed by atoms with Crippen molar-refractivity contribution in [1.82, 2.24) is 0 Å². The van der Waals surface area contributed by atoms with Gasteiger partial charge in [0.1, 0.15) is 0 Å². The summed E-state index contributed by atoms with van der Waals surface area (Å²) >= 11 is 0. The molecular formula is C11H24O. The number of rotatable bonds is 7. The Kier molecular flexibility index (Phi) is 7.58. The molecule has 0 spiro atoms. The summed E-state index contributed by atoms with van der Waals surface area (Å²) in [6.07, 6.45) is 3.66. The largest absolute Gasteiger partial charge is 0.381 e. The molecule has 2 atom stereocenters. The average Bonchev–Trinajstić information content (AvgIpc) is 2.11. The zero-order valence-corrected chi connectivity index (χ0v) is 9.10. The highest BCUT2D eigenvalue weighted by atomic mass is 16.5. The van der Waals surface area contributed by atoms with E-state index in [0.717, 1.165) is 31.5 Å². The highest BCUT2D eigenvalue weighted by Crippen LogP contribution is 2.18. The summed E-state index contributed by atoms with van der Waals surface area (Å²) in [5.41, 5.74) is 0. The lowest BCUT2D eigenvalue weighted by Crippen LogP contribution is -2.17. The molecule has 0 heterocycles. The molecule has 0 aromatic carbocycles. The lowest BCUT2D eigenvalue weighted by atomic mass is 9.90. The number of hydrogen-bond acceptors (Lipinski definition) is 1. The van der Waals surface area contributed by atoms with Gasteiger partial charge in [0.05, 0.1) is 0 Å². The minimum atomic E-state index is 0.765. The van der Waals surface area contributed by atoms with Crippen LogP contribution in [-0.4, -0.2) is 13.2 Å². The molecule has 0 aliphatic rings. The molecule has 74 valence electrons. The third kappa shape index (κ3) is 4.76. The van der Waals surface area contributed by atoms with Crippen molar-refractivity contribution < 1.29 is 4.74 Å². The Morgan fingerprint density at radius 1 is 1.08 bits per heavy atom. The van der Waals surface area contributed by atoms with Gasteiger partial charge in [-0.05, 0) is 18.3 Å². The topological polar surface area (TPSA) is 9.23 Å². The molecule has 0 aliphatic heterocycles. The summed E-state index contributed by atoms with van der Waals surface area (Å²) in [6, 6.07) is 0. The van der Waals surface area contributed by atoms with Crippen molar-refractivity contribution in [3.63, 3.8) is 0 Å². The van der Waals surface area contributed by atoms with E-state index in [-0.39, 0.29) is 0 Å². The lowest BCUT2D eigenvalue weighted by Gasteiger charge is -2.20. The van der Waals surface area contributed by atoms with Gasteiger partial charge in [0.15, 0.2) is 0 Å². The molecule has 0 bridgehead atoms. The molecular weight excluding hydrogens is 148 g/mol. The third-order valence-electron chi connectivity index (χ3n) is 2.65. The van der Waals surface area contributed by atoms with Crippen LogP contribution in [0.2, 0.25) is 0 Å². The number of hydrogen-bond donors (Lipinski definition) is 0. The predicted octanol–water partition coefficient (Wildman–Crippen LogP) is 3.49. The Bertz CT molecular complexity index is 91.0. The van der Waals surface area contributed by atoms with Crippen LogP contribution in [0.1, 0.15) is 47.0 Å². The molecule has 12 heavy (non-hydrogen) atoms. The first kappa shape index (κ1) is 12.0. The van der Waals surface area contributed by atoms with Gasteiger partial charge < -0.3 is 4.74 Å². The Labute approximate surface area is 77.5 Å². The maximum absolute atomic E-state index is 5.56. The molecule has 0 radical (unpaired) electrons. The molecule has 0 aromatic rings. The van der Waals surface area contributed by atoms with Gasteiger partial charge in [-0.2, -0.15) is 0 Å². The zero-order chi connectivity index (χ0) is 9.40. The molecule has 0 saturated heterocycles. The molecule has 0 aliphatic carbocycles.